The molecular formula is C17H13ClN2OS. The van der Waals surface area contributed by atoms with Crippen LogP contribution in [0.25, 0.3) is 10.6 Å². The van der Waals surface area contributed by atoms with Crippen LogP contribution in [0.1, 0.15) is 16.1 Å². The molecule has 3 nitrogen and oxygen atoms in total. The molecule has 0 atom stereocenters. The predicted molar refractivity (Wildman–Crippen MR) is 90.2 cm³/mol. The Hall–Kier alpha value is -2.17. The van der Waals surface area contributed by atoms with Crippen molar-refractivity contribution in [3.63, 3.8) is 0 Å². The predicted octanol–water partition coefficient (Wildman–Crippen LogP) is 4.39. The summed E-state index contributed by atoms with van der Waals surface area (Å²) in [6.45, 7) is 0.485. The fourth-order valence-electron chi connectivity index (χ4n) is 2.01. The Kier molecular flexibility index (Phi) is 4.51. The maximum absolute atomic E-state index is 12.1. The van der Waals surface area contributed by atoms with Crippen molar-refractivity contribution in [3.05, 3.63) is 76.3 Å². The maximum Gasteiger partial charge on any atom is 0.271 e. The number of nitrogens with one attached hydrogen (secondary N) is 1. The molecule has 1 N–H and O–H groups in total. The van der Waals surface area contributed by atoms with E-state index < -0.39 is 0 Å². The summed E-state index contributed by atoms with van der Waals surface area (Å²) < 4.78 is 0. The van der Waals surface area contributed by atoms with Crippen LogP contribution in [-0.4, -0.2) is 10.9 Å². The molecule has 0 saturated carbocycles. The summed E-state index contributed by atoms with van der Waals surface area (Å²) in [6, 6.07) is 17.2. The number of hydrogen-bond acceptors (Lipinski definition) is 3. The summed E-state index contributed by atoms with van der Waals surface area (Å²) in [5, 5.41) is 5.99. The summed E-state index contributed by atoms with van der Waals surface area (Å²) in [4.78, 5) is 16.5. The van der Waals surface area contributed by atoms with Crippen LogP contribution in [0.4, 0.5) is 0 Å². The van der Waals surface area contributed by atoms with Gasteiger partial charge >= 0.3 is 0 Å². The first-order chi connectivity index (χ1) is 10.7. The van der Waals surface area contributed by atoms with Crippen molar-refractivity contribution in [1.82, 2.24) is 10.3 Å². The molecule has 1 heterocycles. The number of hydrogen-bond donors (Lipinski definition) is 1. The van der Waals surface area contributed by atoms with Crippen LogP contribution in [0, 0.1) is 0 Å². The lowest BCUT2D eigenvalue weighted by molar-refractivity contribution is 0.0946. The van der Waals surface area contributed by atoms with Crippen LogP contribution in [-0.2, 0) is 6.54 Å². The Labute approximate surface area is 137 Å². The minimum Gasteiger partial charge on any atom is -0.347 e. The van der Waals surface area contributed by atoms with Gasteiger partial charge in [0.1, 0.15) is 10.7 Å². The van der Waals surface area contributed by atoms with E-state index in [0.717, 1.165) is 16.1 Å². The highest BCUT2D eigenvalue weighted by molar-refractivity contribution is 7.13. The van der Waals surface area contributed by atoms with Gasteiger partial charge in [-0.15, -0.1) is 11.3 Å². The number of carbonyl (C=O) groups excluding carboxylic acids is 1. The summed E-state index contributed by atoms with van der Waals surface area (Å²) in [5.41, 5.74) is 2.31. The van der Waals surface area contributed by atoms with E-state index in [1.54, 1.807) is 5.38 Å². The molecule has 2 aromatic carbocycles. The molecule has 0 aliphatic rings. The molecule has 3 rings (SSSR count). The lowest BCUT2D eigenvalue weighted by Crippen LogP contribution is -2.23. The number of nitrogens with zero attached hydrogens (tertiary/aromatic N) is 1. The van der Waals surface area contributed by atoms with E-state index in [-0.39, 0.29) is 5.91 Å². The van der Waals surface area contributed by atoms with Crippen LogP contribution < -0.4 is 5.32 Å². The lowest BCUT2D eigenvalue weighted by atomic mass is 10.2. The molecule has 110 valence electrons. The standard InChI is InChI=1S/C17H13ClN2OS/c18-14-9-5-4-8-13(14)17-20-15(11-22-17)16(21)19-10-12-6-2-1-3-7-12/h1-9,11H,10H2,(H,19,21). The van der Waals surface area contributed by atoms with Crippen LogP contribution in [0.3, 0.4) is 0 Å². The van der Waals surface area contributed by atoms with Crippen molar-refractivity contribution < 1.29 is 4.79 Å². The maximum atomic E-state index is 12.1. The zero-order chi connectivity index (χ0) is 15.4. The second-order valence-electron chi connectivity index (χ2n) is 4.69. The third-order valence-corrected chi connectivity index (χ3v) is 4.34. The minimum absolute atomic E-state index is 0.182. The second-order valence-corrected chi connectivity index (χ2v) is 5.95. The fraction of sp³-hybridized carbons (Fsp3) is 0.0588. The van der Waals surface area contributed by atoms with Crippen molar-refractivity contribution in [3.8, 4) is 10.6 Å². The van der Waals surface area contributed by atoms with Crippen LogP contribution in [0.15, 0.2) is 60.0 Å². The fourth-order valence-corrected chi connectivity index (χ4v) is 3.13. The van der Waals surface area contributed by atoms with Gasteiger partial charge in [-0.3, -0.25) is 4.79 Å². The van der Waals surface area contributed by atoms with E-state index in [0.29, 0.717) is 17.3 Å². The van der Waals surface area contributed by atoms with Crippen LogP contribution in [0.2, 0.25) is 5.02 Å². The monoisotopic (exact) mass is 328 g/mol. The van der Waals surface area contributed by atoms with Gasteiger partial charge in [0, 0.05) is 17.5 Å². The largest absolute Gasteiger partial charge is 0.347 e. The second kappa shape index (κ2) is 6.73. The summed E-state index contributed by atoms with van der Waals surface area (Å²) >= 11 is 7.57. The number of rotatable bonds is 4. The van der Waals surface area contributed by atoms with Gasteiger partial charge in [0.2, 0.25) is 0 Å². The van der Waals surface area contributed by atoms with Crippen molar-refractivity contribution in [2.75, 3.05) is 0 Å². The van der Waals surface area contributed by atoms with Crippen molar-refractivity contribution in [1.29, 1.82) is 0 Å². The Bertz CT molecular complexity index is 786. The topological polar surface area (TPSA) is 42.0 Å². The smallest absolute Gasteiger partial charge is 0.271 e. The quantitative estimate of drug-likeness (QED) is 0.771. The minimum atomic E-state index is -0.182. The van der Waals surface area contributed by atoms with Gasteiger partial charge in [-0.1, -0.05) is 60.1 Å². The zero-order valence-corrected chi connectivity index (χ0v) is 13.2. The highest BCUT2D eigenvalue weighted by atomic mass is 35.5. The van der Waals surface area contributed by atoms with E-state index in [9.17, 15) is 4.79 Å². The molecule has 5 heteroatoms. The zero-order valence-electron chi connectivity index (χ0n) is 11.6. The van der Waals surface area contributed by atoms with E-state index in [1.807, 2.05) is 54.6 Å². The van der Waals surface area contributed by atoms with Gasteiger partial charge in [-0.05, 0) is 11.6 Å². The number of carbonyl (C=O) groups is 1. The Morgan fingerprint density at radius 2 is 1.82 bits per heavy atom. The summed E-state index contributed by atoms with van der Waals surface area (Å²) in [7, 11) is 0. The van der Waals surface area contributed by atoms with E-state index in [1.165, 1.54) is 11.3 Å². The molecule has 3 aromatic rings. The average Bonchev–Trinajstić information content (AvgIpc) is 3.04. The van der Waals surface area contributed by atoms with Gasteiger partial charge in [-0.2, -0.15) is 0 Å². The SMILES string of the molecule is O=C(NCc1ccccc1)c1csc(-c2ccccc2Cl)n1. The molecule has 1 aromatic heterocycles. The first-order valence-electron chi connectivity index (χ1n) is 6.76. The number of halogens is 1. The highest BCUT2D eigenvalue weighted by Crippen LogP contribution is 2.29. The molecule has 0 radical (unpaired) electrons. The van der Waals surface area contributed by atoms with Crippen molar-refractivity contribution >= 4 is 28.8 Å². The van der Waals surface area contributed by atoms with E-state index >= 15 is 0 Å². The number of benzene rings is 2. The molecule has 0 aliphatic heterocycles. The molecule has 0 unspecified atom stereocenters. The molecule has 22 heavy (non-hydrogen) atoms. The molecule has 1 amide bonds. The summed E-state index contributed by atoms with van der Waals surface area (Å²) in [6.07, 6.45) is 0. The molecule has 0 fully saturated rings. The first-order valence-corrected chi connectivity index (χ1v) is 8.02. The van der Waals surface area contributed by atoms with Crippen molar-refractivity contribution in [2.24, 2.45) is 0 Å². The van der Waals surface area contributed by atoms with Gasteiger partial charge in [0.05, 0.1) is 5.02 Å². The van der Waals surface area contributed by atoms with Crippen molar-refractivity contribution in [2.45, 2.75) is 6.54 Å². The number of aromatic nitrogens is 1. The molecule has 0 spiro atoms. The Morgan fingerprint density at radius 1 is 1.09 bits per heavy atom. The lowest BCUT2D eigenvalue weighted by Gasteiger charge is -2.03. The highest BCUT2D eigenvalue weighted by Gasteiger charge is 2.13. The van der Waals surface area contributed by atoms with E-state index in [2.05, 4.69) is 10.3 Å². The van der Waals surface area contributed by atoms with Gasteiger partial charge < -0.3 is 5.32 Å². The molecular weight excluding hydrogens is 316 g/mol. The molecule has 0 saturated heterocycles. The number of amides is 1. The third kappa shape index (κ3) is 3.35. The van der Waals surface area contributed by atoms with Crippen LogP contribution >= 0.6 is 22.9 Å². The van der Waals surface area contributed by atoms with Gasteiger partial charge in [-0.25, -0.2) is 4.98 Å². The van der Waals surface area contributed by atoms with Gasteiger partial charge in [0.15, 0.2) is 0 Å². The molecule has 0 bridgehead atoms. The average molecular weight is 329 g/mol. The normalized spacial score (nSPS) is 10.4. The van der Waals surface area contributed by atoms with E-state index in [4.69, 9.17) is 11.6 Å². The first kappa shape index (κ1) is 14.8. The van der Waals surface area contributed by atoms with Gasteiger partial charge in [0.25, 0.3) is 5.91 Å². The third-order valence-electron chi connectivity index (χ3n) is 3.14. The molecule has 0 aliphatic carbocycles. The Balaban J connectivity index is 1.71. The number of thiazole rings is 1. The summed E-state index contributed by atoms with van der Waals surface area (Å²) in [5.74, 6) is -0.182. The Morgan fingerprint density at radius 3 is 2.59 bits per heavy atom. The van der Waals surface area contributed by atoms with Crippen LogP contribution in [0.5, 0.6) is 0 Å².